The van der Waals surface area contributed by atoms with Gasteiger partial charge in [0.05, 0.1) is 6.10 Å². The van der Waals surface area contributed by atoms with E-state index in [1.807, 2.05) is 0 Å². The van der Waals surface area contributed by atoms with Crippen LogP contribution in [0.4, 0.5) is 4.39 Å². The van der Waals surface area contributed by atoms with Crippen LogP contribution in [0.25, 0.3) is 0 Å². The minimum absolute atomic E-state index is 0.0211. The van der Waals surface area contributed by atoms with E-state index < -0.39 is 0 Å². The Morgan fingerprint density at radius 1 is 1.44 bits per heavy atom. The van der Waals surface area contributed by atoms with Gasteiger partial charge in [0.15, 0.2) is 0 Å². The molecule has 0 radical (unpaired) electrons. The van der Waals surface area contributed by atoms with E-state index in [1.165, 1.54) is 12.1 Å². The summed E-state index contributed by atoms with van der Waals surface area (Å²) in [4.78, 5) is 2.37. The van der Waals surface area contributed by atoms with E-state index in [0.717, 1.165) is 38.0 Å². The van der Waals surface area contributed by atoms with Gasteiger partial charge < -0.3 is 15.4 Å². The SMILES string of the molecule is COC1CCN(CCC(N)c2ccc(F)cc2)C1. The highest BCUT2D eigenvalue weighted by atomic mass is 19.1. The number of hydrogen-bond donors (Lipinski definition) is 1. The first-order valence-electron chi connectivity index (χ1n) is 6.45. The summed E-state index contributed by atoms with van der Waals surface area (Å²) in [5, 5.41) is 0. The van der Waals surface area contributed by atoms with Crippen molar-refractivity contribution in [3.8, 4) is 0 Å². The molecule has 0 amide bonds. The lowest BCUT2D eigenvalue weighted by molar-refractivity contribution is 0.108. The van der Waals surface area contributed by atoms with E-state index in [0.29, 0.717) is 6.10 Å². The molecule has 18 heavy (non-hydrogen) atoms. The van der Waals surface area contributed by atoms with Gasteiger partial charge in [0.25, 0.3) is 0 Å². The zero-order valence-corrected chi connectivity index (χ0v) is 10.8. The Morgan fingerprint density at radius 2 is 2.17 bits per heavy atom. The monoisotopic (exact) mass is 252 g/mol. The third-order valence-corrected chi connectivity index (χ3v) is 3.62. The molecule has 0 spiro atoms. The molecule has 0 aromatic heterocycles. The number of hydrogen-bond acceptors (Lipinski definition) is 3. The van der Waals surface area contributed by atoms with E-state index >= 15 is 0 Å². The summed E-state index contributed by atoms with van der Waals surface area (Å²) >= 11 is 0. The molecule has 4 heteroatoms. The van der Waals surface area contributed by atoms with Crippen molar-refractivity contribution in [2.45, 2.75) is 25.0 Å². The molecule has 2 atom stereocenters. The van der Waals surface area contributed by atoms with Crippen LogP contribution in [0.15, 0.2) is 24.3 Å². The number of likely N-dealkylation sites (tertiary alicyclic amines) is 1. The second-order valence-electron chi connectivity index (χ2n) is 4.89. The Labute approximate surface area is 108 Å². The van der Waals surface area contributed by atoms with Gasteiger partial charge in [-0.15, -0.1) is 0 Å². The maximum absolute atomic E-state index is 12.8. The lowest BCUT2D eigenvalue weighted by atomic mass is 10.0. The van der Waals surface area contributed by atoms with Crippen LogP contribution < -0.4 is 5.73 Å². The van der Waals surface area contributed by atoms with Crippen LogP contribution in [0.5, 0.6) is 0 Å². The minimum Gasteiger partial charge on any atom is -0.380 e. The first kappa shape index (κ1) is 13.5. The Balaban J connectivity index is 1.78. The van der Waals surface area contributed by atoms with Crippen molar-refractivity contribution < 1.29 is 9.13 Å². The minimum atomic E-state index is -0.214. The maximum Gasteiger partial charge on any atom is 0.123 e. The van der Waals surface area contributed by atoms with Crippen molar-refractivity contribution in [3.05, 3.63) is 35.6 Å². The summed E-state index contributed by atoms with van der Waals surface area (Å²) in [6.45, 7) is 3.04. The molecule has 3 nitrogen and oxygen atoms in total. The third kappa shape index (κ3) is 3.51. The van der Waals surface area contributed by atoms with Gasteiger partial charge in [-0.2, -0.15) is 0 Å². The van der Waals surface area contributed by atoms with Gasteiger partial charge in [0.1, 0.15) is 5.82 Å². The largest absolute Gasteiger partial charge is 0.380 e. The van der Waals surface area contributed by atoms with Crippen molar-refractivity contribution in [2.75, 3.05) is 26.7 Å². The highest BCUT2D eigenvalue weighted by molar-refractivity contribution is 5.19. The topological polar surface area (TPSA) is 38.5 Å². The van der Waals surface area contributed by atoms with Gasteiger partial charge >= 0.3 is 0 Å². The lowest BCUT2D eigenvalue weighted by Crippen LogP contribution is -2.26. The Hall–Kier alpha value is -0.970. The van der Waals surface area contributed by atoms with Crippen LogP contribution in [0, 0.1) is 5.82 Å². The second kappa shape index (κ2) is 6.27. The predicted octanol–water partition coefficient (Wildman–Crippen LogP) is 1.94. The average Bonchev–Trinajstić information content (AvgIpc) is 2.85. The third-order valence-electron chi connectivity index (χ3n) is 3.62. The van der Waals surface area contributed by atoms with E-state index in [1.54, 1.807) is 19.2 Å². The fourth-order valence-corrected chi connectivity index (χ4v) is 2.39. The summed E-state index contributed by atoms with van der Waals surface area (Å²) in [5.41, 5.74) is 7.11. The molecule has 2 N–H and O–H groups in total. The molecule has 1 aliphatic heterocycles. The van der Waals surface area contributed by atoms with Crippen molar-refractivity contribution in [1.82, 2.24) is 4.90 Å². The maximum atomic E-state index is 12.8. The number of methoxy groups -OCH3 is 1. The molecule has 1 fully saturated rings. The van der Waals surface area contributed by atoms with Gasteiger partial charge in [0.2, 0.25) is 0 Å². The molecule has 2 unspecified atom stereocenters. The zero-order valence-electron chi connectivity index (χ0n) is 10.8. The van der Waals surface area contributed by atoms with Crippen LogP contribution in [0.3, 0.4) is 0 Å². The van der Waals surface area contributed by atoms with Crippen LogP contribution in [0.1, 0.15) is 24.4 Å². The van der Waals surface area contributed by atoms with Crippen molar-refractivity contribution in [2.24, 2.45) is 5.73 Å². The fourth-order valence-electron chi connectivity index (χ4n) is 2.39. The number of benzene rings is 1. The first-order chi connectivity index (χ1) is 8.69. The number of rotatable bonds is 5. The number of halogens is 1. The van der Waals surface area contributed by atoms with Crippen LogP contribution in [0.2, 0.25) is 0 Å². The van der Waals surface area contributed by atoms with Crippen LogP contribution in [-0.4, -0.2) is 37.7 Å². The smallest absolute Gasteiger partial charge is 0.123 e. The molecule has 0 aliphatic carbocycles. The molecule has 0 bridgehead atoms. The molecule has 1 aromatic carbocycles. The number of nitrogens with zero attached hydrogens (tertiary/aromatic N) is 1. The molecule has 0 saturated carbocycles. The van der Waals surface area contributed by atoms with Crippen molar-refractivity contribution in [1.29, 1.82) is 0 Å². The summed E-state index contributed by atoms with van der Waals surface area (Å²) < 4.78 is 18.1. The zero-order chi connectivity index (χ0) is 13.0. The summed E-state index contributed by atoms with van der Waals surface area (Å²) in [6.07, 6.45) is 2.36. The standard InChI is InChI=1S/C14H21FN2O/c1-18-13-6-8-17(10-13)9-7-14(16)11-2-4-12(15)5-3-11/h2-5,13-14H,6-10,16H2,1H3. The van der Waals surface area contributed by atoms with Gasteiger partial charge in [-0.1, -0.05) is 12.1 Å². The van der Waals surface area contributed by atoms with Crippen LogP contribution in [-0.2, 0) is 4.74 Å². The van der Waals surface area contributed by atoms with E-state index in [-0.39, 0.29) is 11.9 Å². The summed E-state index contributed by atoms with van der Waals surface area (Å²) in [7, 11) is 1.76. The predicted molar refractivity (Wildman–Crippen MR) is 69.8 cm³/mol. The molecule has 1 aromatic rings. The lowest BCUT2D eigenvalue weighted by Gasteiger charge is -2.18. The highest BCUT2D eigenvalue weighted by Gasteiger charge is 2.22. The quantitative estimate of drug-likeness (QED) is 0.870. The molecule has 1 saturated heterocycles. The summed E-state index contributed by atoms with van der Waals surface area (Å²) in [6, 6.07) is 6.44. The van der Waals surface area contributed by atoms with Gasteiger partial charge in [0, 0.05) is 32.8 Å². The molecule has 100 valence electrons. The second-order valence-corrected chi connectivity index (χ2v) is 4.89. The fraction of sp³-hybridized carbons (Fsp3) is 0.571. The van der Waals surface area contributed by atoms with E-state index in [4.69, 9.17) is 10.5 Å². The Kier molecular flexibility index (Phi) is 4.69. The first-order valence-corrected chi connectivity index (χ1v) is 6.45. The van der Waals surface area contributed by atoms with E-state index in [9.17, 15) is 4.39 Å². The van der Waals surface area contributed by atoms with E-state index in [2.05, 4.69) is 4.90 Å². The van der Waals surface area contributed by atoms with Gasteiger partial charge in [-0.3, -0.25) is 0 Å². The Morgan fingerprint density at radius 3 is 2.78 bits per heavy atom. The molecular formula is C14H21FN2O. The van der Waals surface area contributed by atoms with Crippen molar-refractivity contribution >= 4 is 0 Å². The highest BCUT2D eigenvalue weighted by Crippen LogP contribution is 2.17. The molecule has 1 aliphatic rings. The average molecular weight is 252 g/mol. The van der Waals surface area contributed by atoms with Crippen molar-refractivity contribution in [3.63, 3.8) is 0 Å². The number of nitrogens with two attached hydrogens (primary N) is 1. The number of ether oxygens (including phenoxy) is 1. The Bertz CT molecular complexity index is 369. The van der Waals surface area contributed by atoms with Gasteiger partial charge in [-0.05, 0) is 30.5 Å². The normalized spacial score (nSPS) is 22.3. The summed E-state index contributed by atoms with van der Waals surface area (Å²) in [5.74, 6) is -0.214. The van der Waals surface area contributed by atoms with Gasteiger partial charge in [-0.25, -0.2) is 4.39 Å². The van der Waals surface area contributed by atoms with Crippen LogP contribution >= 0.6 is 0 Å². The molecule has 1 heterocycles. The molecular weight excluding hydrogens is 231 g/mol. The molecule has 2 rings (SSSR count).